The van der Waals surface area contributed by atoms with Crippen LogP contribution in [-0.4, -0.2) is 14.2 Å². The van der Waals surface area contributed by atoms with Crippen LogP contribution in [0.3, 0.4) is 0 Å². The molecule has 1 rings (SSSR count). The molecule has 0 aliphatic rings. The van der Waals surface area contributed by atoms with Crippen molar-refractivity contribution in [3.8, 4) is 5.75 Å². The molecule has 0 saturated heterocycles. The third-order valence-corrected chi connectivity index (χ3v) is 4.09. The highest BCUT2D eigenvalue weighted by molar-refractivity contribution is 6.89. The number of para-hydroxylation sites is 1. The van der Waals surface area contributed by atoms with Crippen molar-refractivity contribution < 1.29 is 4.74 Å². The van der Waals surface area contributed by atoms with E-state index in [9.17, 15) is 0 Å². The third-order valence-electron chi connectivity index (χ3n) is 2.06. The van der Waals surface area contributed by atoms with E-state index in [2.05, 4.69) is 51.7 Å². The molecule has 0 saturated carbocycles. The van der Waals surface area contributed by atoms with Gasteiger partial charge in [-0.1, -0.05) is 37.8 Å². The molecule has 1 aromatic rings. The molecule has 0 radical (unpaired) electrons. The summed E-state index contributed by atoms with van der Waals surface area (Å²) in [6.45, 7) is 11.2. The quantitative estimate of drug-likeness (QED) is 0.694. The Labute approximate surface area is 88.1 Å². The predicted molar refractivity (Wildman–Crippen MR) is 65.2 cm³/mol. The summed E-state index contributed by atoms with van der Waals surface area (Å²) >= 11 is 0. The number of benzene rings is 1. The molecule has 0 aliphatic heterocycles. The molecule has 0 N–H and O–H groups in total. The van der Waals surface area contributed by atoms with Gasteiger partial charge in [0.1, 0.15) is 5.75 Å². The van der Waals surface area contributed by atoms with Gasteiger partial charge in [-0.05, 0) is 25.1 Å². The lowest BCUT2D eigenvalue weighted by Crippen LogP contribution is -2.39. The van der Waals surface area contributed by atoms with Gasteiger partial charge in [-0.25, -0.2) is 0 Å². The Kier molecular flexibility index (Phi) is 3.37. The predicted octanol–water partition coefficient (Wildman–Crippen LogP) is 3.02. The van der Waals surface area contributed by atoms with Crippen LogP contribution in [0.2, 0.25) is 19.6 Å². The Hall–Kier alpha value is -0.763. The summed E-state index contributed by atoms with van der Waals surface area (Å²) in [4.78, 5) is 0. The highest BCUT2D eigenvalue weighted by Crippen LogP contribution is 2.15. The minimum Gasteiger partial charge on any atom is -0.491 e. The van der Waals surface area contributed by atoms with Crippen LogP contribution in [0.5, 0.6) is 5.75 Å². The van der Waals surface area contributed by atoms with Crippen LogP contribution in [0.25, 0.3) is 0 Å². The minimum atomic E-state index is -1.27. The second kappa shape index (κ2) is 4.18. The van der Waals surface area contributed by atoms with Crippen molar-refractivity contribution in [2.24, 2.45) is 0 Å². The second-order valence-electron chi connectivity index (χ2n) is 4.91. The van der Waals surface area contributed by atoms with E-state index in [0.29, 0.717) is 0 Å². The van der Waals surface area contributed by atoms with E-state index < -0.39 is 8.07 Å². The van der Waals surface area contributed by atoms with E-state index in [1.807, 2.05) is 6.07 Å². The molecular weight excluding hydrogens is 188 g/mol. The van der Waals surface area contributed by atoms with Gasteiger partial charge in [-0.15, -0.1) is 0 Å². The normalized spacial score (nSPS) is 11.9. The van der Waals surface area contributed by atoms with Crippen LogP contribution in [-0.2, 0) is 0 Å². The van der Waals surface area contributed by atoms with Crippen molar-refractivity contribution >= 4 is 13.3 Å². The van der Waals surface area contributed by atoms with E-state index in [0.717, 1.165) is 5.75 Å². The number of ether oxygens (including phenoxy) is 1. The molecule has 78 valence electrons. The summed E-state index contributed by atoms with van der Waals surface area (Å²) in [6.07, 6.45) is 0.257. The molecule has 2 heteroatoms. The first-order chi connectivity index (χ1) is 6.41. The highest BCUT2D eigenvalue weighted by atomic mass is 28.3. The first kappa shape index (κ1) is 11.3. The first-order valence-electron chi connectivity index (χ1n) is 5.17. The van der Waals surface area contributed by atoms with Gasteiger partial charge in [-0.3, -0.25) is 0 Å². The zero-order valence-electron chi connectivity index (χ0n) is 9.79. The average Bonchev–Trinajstić information content (AvgIpc) is 2.01. The summed E-state index contributed by atoms with van der Waals surface area (Å²) < 4.78 is 5.81. The lowest BCUT2D eigenvalue weighted by Gasteiger charge is -2.22. The average molecular weight is 208 g/mol. The van der Waals surface area contributed by atoms with Gasteiger partial charge >= 0.3 is 0 Å². The lowest BCUT2D eigenvalue weighted by atomic mass is 10.3. The zero-order chi connectivity index (χ0) is 10.8. The topological polar surface area (TPSA) is 9.23 Å². The van der Waals surface area contributed by atoms with Crippen LogP contribution < -0.4 is 9.92 Å². The van der Waals surface area contributed by atoms with Crippen molar-refractivity contribution in [2.75, 3.05) is 0 Å². The molecule has 0 unspecified atom stereocenters. The fourth-order valence-electron chi connectivity index (χ4n) is 1.44. The van der Waals surface area contributed by atoms with Crippen LogP contribution in [0.1, 0.15) is 13.8 Å². The maximum atomic E-state index is 5.81. The summed E-state index contributed by atoms with van der Waals surface area (Å²) in [5.41, 5.74) is 0. The molecule has 0 amide bonds. The fraction of sp³-hybridized carbons (Fsp3) is 0.500. The van der Waals surface area contributed by atoms with Gasteiger partial charge in [0.15, 0.2) is 0 Å². The smallest absolute Gasteiger partial charge is 0.118 e. The van der Waals surface area contributed by atoms with Crippen molar-refractivity contribution in [3.63, 3.8) is 0 Å². The Morgan fingerprint density at radius 2 is 1.64 bits per heavy atom. The molecule has 14 heavy (non-hydrogen) atoms. The number of hydrogen-bond donors (Lipinski definition) is 0. The van der Waals surface area contributed by atoms with Crippen molar-refractivity contribution in [3.05, 3.63) is 24.3 Å². The molecule has 1 aromatic carbocycles. The zero-order valence-corrected chi connectivity index (χ0v) is 10.8. The van der Waals surface area contributed by atoms with Crippen LogP contribution in [0, 0.1) is 0 Å². The third kappa shape index (κ3) is 2.88. The Morgan fingerprint density at radius 1 is 1.07 bits per heavy atom. The van der Waals surface area contributed by atoms with Crippen molar-refractivity contribution in [1.82, 2.24) is 0 Å². The fourth-order valence-corrected chi connectivity index (χ4v) is 2.92. The van der Waals surface area contributed by atoms with Crippen LogP contribution in [0.4, 0.5) is 0 Å². The molecule has 0 atom stereocenters. The maximum Gasteiger partial charge on any atom is 0.118 e. The second-order valence-corrected chi connectivity index (χ2v) is 9.95. The summed E-state index contributed by atoms with van der Waals surface area (Å²) in [6, 6.07) is 8.42. The Balaban J connectivity index is 3.04. The minimum absolute atomic E-state index is 0.257. The molecule has 0 heterocycles. The summed E-state index contributed by atoms with van der Waals surface area (Å²) in [5.74, 6) is 1.07. The molecule has 0 aliphatic carbocycles. The SMILES string of the molecule is CC(C)Oc1ccccc1[Si](C)(C)C. The standard InChI is InChI=1S/C12H20OSi/c1-10(2)13-11-8-6-7-9-12(11)14(3,4)5/h6-10H,1-5H3. The van der Waals surface area contributed by atoms with Gasteiger partial charge < -0.3 is 4.74 Å². The maximum absolute atomic E-state index is 5.81. The van der Waals surface area contributed by atoms with E-state index in [4.69, 9.17) is 4.74 Å². The van der Waals surface area contributed by atoms with Crippen LogP contribution in [0.15, 0.2) is 24.3 Å². The lowest BCUT2D eigenvalue weighted by molar-refractivity contribution is 0.244. The largest absolute Gasteiger partial charge is 0.491 e. The molecule has 0 aromatic heterocycles. The molecule has 0 spiro atoms. The molecular formula is C12H20OSi. The van der Waals surface area contributed by atoms with Crippen molar-refractivity contribution in [2.45, 2.75) is 39.6 Å². The number of hydrogen-bond acceptors (Lipinski definition) is 1. The molecule has 0 fully saturated rings. The van der Waals surface area contributed by atoms with E-state index in [1.54, 1.807) is 0 Å². The Morgan fingerprint density at radius 3 is 2.14 bits per heavy atom. The van der Waals surface area contributed by atoms with E-state index in [1.165, 1.54) is 5.19 Å². The van der Waals surface area contributed by atoms with Crippen LogP contribution >= 0.6 is 0 Å². The Bertz CT molecular complexity index is 299. The van der Waals surface area contributed by atoms with E-state index in [-0.39, 0.29) is 6.10 Å². The van der Waals surface area contributed by atoms with Gasteiger partial charge in [0.2, 0.25) is 0 Å². The van der Waals surface area contributed by atoms with Gasteiger partial charge in [-0.2, -0.15) is 0 Å². The molecule has 0 bridgehead atoms. The highest BCUT2D eigenvalue weighted by Gasteiger charge is 2.20. The van der Waals surface area contributed by atoms with Gasteiger partial charge in [0.25, 0.3) is 0 Å². The number of rotatable bonds is 3. The van der Waals surface area contributed by atoms with E-state index >= 15 is 0 Å². The summed E-state index contributed by atoms with van der Waals surface area (Å²) in [7, 11) is -1.27. The van der Waals surface area contributed by atoms with Crippen molar-refractivity contribution in [1.29, 1.82) is 0 Å². The van der Waals surface area contributed by atoms with Gasteiger partial charge in [0, 0.05) is 0 Å². The first-order valence-corrected chi connectivity index (χ1v) is 8.67. The summed E-state index contributed by atoms with van der Waals surface area (Å²) in [5, 5.41) is 1.41. The monoisotopic (exact) mass is 208 g/mol. The van der Waals surface area contributed by atoms with Gasteiger partial charge in [0.05, 0.1) is 14.2 Å². The molecule has 1 nitrogen and oxygen atoms in total.